The first-order valence-electron chi connectivity index (χ1n) is 5.77. The Morgan fingerprint density at radius 3 is 2.35 bits per heavy atom. The first kappa shape index (κ1) is 14.0. The largest absolute Gasteiger partial charge is 0.508 e. The van der Waals surface area contributed by atoms with Gasteiger partial charge < -0.3 is 21.3 Å². The number of carbonyl (C=O) groups is 1. The number of nitrogens with one attached hydrogen (secondary N) is 1. The van der Waals surface area contributed by atoms with Crippen molar-refractivity contribution in [2.24, 2.45) is 0 Å². The van der Waals surface area contributed by atoms with Crippen LogP contribution in [0.3, 0.4) is 0 Å². The second-order valence-corrected chi connectivity index (χ2v) is 4.79. The standard InChI is InChI=1S/C14H13ClN2O3/c1-7-2-12(16)11(15)6-13(7)17-14(20)8-3-9(18)5-10(19)4-8/h2-6,18-19H,16H2,1H3,(H,17,20). The van der Waals surface area contributed by atoms with Crippen molar-refractivity contribution < 1.29 is 15.0 Å². The summed E-state index contributed by atoms with van der Waals surface area (Å²) in [5.74, 6) is -0.857. The summed E-state index contributed by atoms with van der Waals surface area (Å²) < 4.78 is 0. The van der Waals surface area contributed by atoms with Crippen LogP contribution >= 0.6 is 11.6 Å². The second-order valence-electron chi connectivity index (χ2n) is 4.38. The third-order valence-electron chi connectivity index (χ3n) is 2.76. The quantitative estimate of drug-likeness (QED) is 0.640. The SMILES string of the molecule is Cc1cc(N)c(Cl)cc1NC(=O)c1cc(O)cc(O)c1. The van der Waals surface area contributed by atoms with Crippen LogP contribution in [0.1, 0.15) is 15.9 Å². The summed E-state index contributed by atoms with van der Waals surface area (Å²) in [6.45, 7) is 1.78. The third kappa shape index (κ3) is 2.95. The van der Waals surface area contributed by atoms with E-state index in [-0.39, 0.29) is 17.1 Å². The van der Waals surface area contributed by atoms with Gasteiger partial charge in [-0.15, -0.1) is 0 Å². The minimum absolute atomic E-state index is 0.134. The number of phenols is 2. The lowest BCUT2D eigenvalue weighted by atomic mass is 10.1. The highest BCUT2D eigenvalue weighted by molar-refractivity contribution is 6.33. The predicted molar refractivity (Wildman–Crippen MR) is 78.3 cm³/mol. The molecule has 0 heterocycles. The zero-order valence-corrected chi connectivity index (χ0v) is 11.4. The van der Waals surface area contributed by atoms with Gasteiger partial charge in [0.25, 0.3) is 5.91 Å². The van der Waals surface area contributed by atoms with Gasteiger partial charge in [0.05, 0.1) is 10.7 Å². The molecular weight excluding hydrogens is 280 g/mol. The van der Waals surface area contributed by atoms with Crippen LogP contribution in [0, 0.1) is 6.92 Å². The Morgan fingerprint density at radius 2 is 1.75 bits per heavy atom. The van der Waals surface area contributed by atoms with Crippen LogP contribution in [0.25, 0.3) is 0 Å². The molecule has 0 unspecified atom stereocenters. The van der Waals surface area contributed by atoms with Crippen LogP contribution in [0.4, 0.5) is 11.4 Å². The van der Waals surface area contributed by atoms with E-state index in [0.717, 1.165) is 11.6 Å². The summed E-state index contributed by atoms with van der Waals surface area (Å²) >= 11 is 5.91. The van der Waals surface area contributed by atoms with Crippen LogP contribution in [0.5, 0.6) is 11.5 Å². The van der Waals surface area contributed by atoms with Gasteiger partial charge >= 0.3 is 0 Å². The molecule has 0 saturated carbocycles. The number of aromatic hydroxyl groups is 2. The van der Waals surface area contributed by atoms with E-state index in [0.29, 0.717) is 16.4 Å². The van der Waals surface area contributed by atoms with Crippen LogP contribution in [0.2, 0.25) is 5.02 Å². The van der Waals surface area contributed by atoms with Crippen LogP contribution in [0.15, 0.2) is 30.3 Å². The summed E-state index contributed by atoms with van der Waals surface area (Å²) in [7, 11) is 0. The van der Waals surface area contributed by atoms with Crippen molar-refractivity contribution in [3.05, 3.63) is 46.5 Å². The van der Waals surface area contributed by atoms with Gasteiger partial charge in [-0.3, -0.25) is 4.79 Å². The molecule has 0 aromatic heterocycles. The van der Waals surface area contributed by atoms with E-state index in [1.807, 2.05) is 0 Å². The molecule has 2 rings (SSSR count). The van der Waals surface area contributed by atoms with Gasteiger partial charge in [0.15, 0.2) is 0 Å². The van der Waals surface area contributed by atoms with E-state index in [1.54, 1.807) is 19.1 Å². The molecule has 20 heavy (non-hydrogen) atoms. The number of aryl methyl sites for hydroxylation is 1. The van der Waals surface area contributed by atoms with Gasteiger partial charge in [-0.05, 0) is 36.8 Å². The lowest BCUT2D eigenvalue weighted by Crippen LogP contribution is -2.13. The molecule has 1 amide bonds. The van der Waals surface area contributed by atoms with Gasteiger partial charge in [-0.2, -0.15) is 0 Å². The summed E-state index contributed by atoms with van der Waals surface area (Å²) in [6, 6.07) is 6.85. The fourth-order valence-electron chi connectivity index (χ4n) is 1.76. The van der Waals surface area contributed by atoms with E-state index < -0.39 is 5.91 Å². The van der Waals surface area contributed by atoms with Crippen LogP contribution < -0.4 is 11.1 Å². The number of nitrogen functional groups attached to an aromatic ring is 1. The minimum Gasteiger partial charge on any atom is -0.508 e. The molecule has 0 aliphatic heterocycles. The number of benzene rings is 2. The lowest BCUT2D eigenvalue weighted by molar-refractivity contribution is 0.102. The molecule has 6 heteroatoms. The fraction of sp³-hybridized carbons (Fsp3) is 0.0714. The maximum atomic E-state index is 12.1. The average molecular weight is 293 g/mol. The van der Waals surface area contributed by atoms with Crippen LogP contribution in [-0.4, -0.2) is 16.1 Å². The molecule has 5 nitrogen and oxygen atoms in total. The van der Waals surface area contributed by atoms with Gasteiger partial charge in [-0.1, -0.05) is 11.6 Å². The molecule has 5 N–H and O–H groups in total. The second kappa shape index (κ2) is 5.30. The molecule has 0 bridgehead atoms. The van der Waals surface area contributed by atoms with Crippen molar-refractivity contribution in [3.63, 3.8) is 0 Å². The molecule has 0 fully saturated rings. The van der Waals surface area contributed by atoms with Crippen molar-refractivity contribution in [2.45, 2.75) is 6.92 Å². The third-order valence-corrected chi connectivity index (χ3v) is 3.08. The smallest absolute Gasteiger partial charge is 0.255 e. The van der Waals surface area contributed by atoms with Crippen LogP contribution in [-0.2, 0) is 0 Å². The Bertz CT molecular complexity index is 666. The number of nitrogens with two attached hydrogens (primary N) is 1. The number of anilines is 2. The normalized spacial score (nSPS) is 10.3. The molecule has 0 spiro atoms. The average Bonchev–Trinajstić information content (AvgIpc) is 2.34. The number of hydrogen-bond acceptors (Lipinski definition) is 4. The zero-order chi connectivity index (χ0) is 14.9. The zero-order valence-electron chi connectivity index (χ0n) is 10.6. The molecule has 0 radical (unpaired) electrons. The Balaban J connectivity index is 2.30. The number of rotatable bonds is 2. The highest BCUT2D eigenvalue weighted by atomic mass is 35.5. The van der Waals surface area contributed by atoms with Crippen molar-refractivity contribution in [1.82, 2.24) is 0 Å². The first-order valence-corrected chi connectivity index (χ1v) is 6.14. The summed E-state index contributed by atoms with van der Waals surface area (Å²) in [5.41, 5.74) is 7.49. The highest BCUT2D eigenvalue weighted by Gasteiger charge is 2.11. The number of phenolic OH excluding ortho intramolecular Hbond substituents is 2. The molecular formula is C14H13ClN2O3. The minimum atomic E-state index is -0.472. The molecule has 0 aliphatic carbocycles. The number of hydrogen-bond donors (Lipinski definition) is 4. The topological polar surface area (TPSA) is 95.6 Å². The maximum Gasteiger partial charge on any atom is 0.255 e. The highest BCUT2D eigenvalue weighted by Crippen LogP contribution is 2.27. The van der Waals surface area contributed by atoms with Crippen molar-refractivity contribution in [3.8, 4) is 11.5 Å². The Labute approximate surface area is 120 Å². The monoisotopic (exact) mass is 292 g/mol. The number of amides is 1. The van der Waals surface area contributed by atoms with Gasteiger partial charge in [0.2, 0.25) is 0 Å². The van der Waals surface area contributed by atoms with Gasteiger partial charge in [0, 0.05) is 17.3 Å². The van der Waals surface area contributed by atoms with E-state index in [2.05, 4.69) is 5.32 Å². The van der Waals surface area contributed by atoms with Gasteiger partial charge in [-0.25, -0.2) is 0 Å². The summed E-state index contributed by atoms with van der Waals surface area (Å²) in [5, 5.41) is 21.7. The lowest BCUT2D eigenvalue weighted by Gasteiger charge is -2.11. The van der Waals surface area contributed by atoms with Crippen molar-refractivity contribution in [2.75, 3.05) is 11.1 Å². The van der Waals surface area contributed by atoms with E-state index in [9.17, 15) is 15.0 Å². The molecule has 2 aromatic carbocycles. The fourth-order valence-corrected chi connectivity index (χ4v) is 1.92. The van der Waals surface area contributed by atoms with E-state index in [1.165, 1.54) is 12.1 Å². The number of halogens is 1. The van der Waals surface area contributed by atoms with Crippen molar-refractivity contribution in [1.29, 1.82) is 0 Å². The maximum absolute atomic E-state index is 12.1. The first-order chi connectivity index (χ1) is 9.36. The van der Waals surface area contributed by atoms with E-state index >= 15 is 0 Å². The molecule has 0 atom stereocenters. The summed E-state index contributed by atoms with van der Waals surface area (Å²) in [6.07, 6.45) is 0. The van der Waals surface area contributed by atoms with Crippen molar-refractivity contribution >= 4 is 28.9 Å². The Kier molecular flexibility index (Phi) is 3.72. The van der Waals surface area contributed by atoms with Gasteiger partial charge in [0.1, 0.15) is 11.5 Å². The van der Waals surface area contributed by atoms with E-state index in [4.69, 9.17) is 17.3 Å². The molecule has 0 aliphatic rings. The molecule has 0 saturated heterocycles. The number of carbonyl (C=O) groups excluding carboxylic acids is 1. The Hall–Kier alpha value is -2.40. The summed E-state index contributed by atoms with van der Waals surface area (Å²) in [4.78, 5) is 12.1. The molecule has 104 valence electrons. The molecule has 2 aromatic rings. The Morgan fingerprint density at radius 1 is 1.15 bits per heavy atom. The predicted octanol–water partition coefficient (Wildman–Crippen LogP) is 2.89.